The van der Waals surface area contributed by atoms with Crippen LogP contribution < -0.4 is 0 Å². The number of hydrogen-bond acceptors (Lipinski definition) is 3. The minimum absolute atomic E-state index is 0.600. The highest BCUT2D eigenvalue weighted by molar-refractivity contribution is 6.62. The zero-order valence-electron chi connectivity index (χ0n) is 10.8. The molecule has 0 bridgehead atoms. The Kier molecular flexibility index (Phi) is 4.41. The summed E-state index contributed by atoms with van der Waals surface area (Å²) in [5, 5.41) is 12.0. The van der Waals surface area contributed by atoms with Crippen molar-refractivity contribution in [2.75, 3.05) is 6.54 Å². The van der Waals surface area contributed by atoms with Crippen LogP contribution in [0.1, 0.15) is 36.9 Å². The molecule has 1 aliphatic rings. The molecule has 1 atom stereocenters. The number of carbonyl (C=O) groups excluding carboxylic acids is 1. The van der Waals surface area contributed by atoms with Gasteiger partial charge in [-0.2, -0.15) is 5.26 Å². The Hall–Kier alpha value is -1.57. The number of unbranched alkanes of at least 4 members (excludes halogenated alkanes) is 1. The Labute approximate surface area is 118 Å². The molecule has 19 heavy (non-hydrogen) atoms. The van der Waals surface area contributed by atoms with E-state index < -0.39 is 11.4 Å². The van der Waals surface area contributed by atoms with Crippen molar-refractivity contribution in [3.05, 3.63) is 35.4 Å². The van der Waals surface area contributed by atoms with Crippen LogP contribution in [0.4, 0.5) is 4.79 Å². The summed E-state index contributed by atoms with van der Waals surface area (Å²) in [6, 6.07) is 9.25. The van der Waals surface area contributed by atoms with E-state index in [9.17, 15) is 10.1 Å². The summed E-state index contributed by atoms with van der Waals surface area (Å²) in [5.74, 6) is 0. The first-order valence-corrected chi connectivity index (χ1v) is 6.77. The van der Waals surface area contributed by atoms with Crippen LogP contribution in [0.3, 0.4) is 0 Å². The van der Waals surface area contributed by atoms with Gasteiger partial charge in [-0.3, -0.25) is 4.79 Å². The maximum Gasteiger partial charge on any atom is 0.332 e. The van der Waals surface area contributed by atoms with E-state index in [2.05, 4.69) is 13.0 Å². The zero-order chi connectivity index (χ0) is 13.8. The Bertz CT molecular complexity index is 512. The molecule has 100 valence electrons. The van der Waals surface area contributed by atoms with E-state index in [0.717, 1.165) is 30.5 Å². The normalized spacial score (nSPS) is 18.8. The largest absolute Gasteiger partial charge is 0.332 e. The third-order valence-corrected chi connectivity index (χ3v) is 3.50. The van der Waals surface area contributed by atoms with E-state index in [1.54, 1.807) is 0 Å². The molecular weight excluding hydrogens is 262 g/mol. The van der Waals surface area contributed by atoms with Crippen molar-refractivity contribution in [3.63, 3.8) is 0 Å². The van der Waals surface area contributed by atoms with E-state index >= 15 is 0 Å². The number of halogens is 1. The van der Waals surface area contributed by atoms with Gasteiger partial charge in [0.2, 0.25) is 0 Å². The third kappa shape index (κ3) is 2.73. The molecular formula is C14H16ClN3O. The maximum absolute atomic E-state index is 11.7. The molecule has 0 aromatic heterocycles. The van der Waals surface area contributed by atoms with Crippen molar-refractivity contribution in [2.24, 2.45) is 0 Å². The third-order valence-electron chi connectivity index (χ3n) is 3.32. The van der Waals surface area contributed by atoms with Crippen LogP contribution in [0.25, 0.3) is 0 Å². The van der Waals surface area contributed by atoms with Crippen molar-refractivity contribution in [1.82, 2.24) is 10.0 Å². The van der Waals surface area contributed by atoms with Gasteiger partial charge in [-0.25, -0.2) is 10.0 Å². The van der Waals surface area contributed by atoms with Crippen LogP contribution in [0.2, 0.25) is 0 Å². The van der Waals surface area contributed by atoms with E-state index in [0.29, 0.717) is 6.54 Å². The second-order valence-electron chi connectivity index (χ2n) is 4.57. The molecule has 0 radical (unpaired) electrons. The SMILES string of the molecule is CCCCN1Cc2ccccc2C(C#N)N1C(=O)Cl. The number of rotatable bonds is 3. The fourth-order valence-electron chi connectivity index (χ4n) is 2.38. The molecule has 0 aliphatic carbocycles. The Morgan fingerprint density at radius 3 is 2.89 bits per heavy atom. The van der Waals surface area contributed by atoms with Gasteiger partial charge in [0.15, 0.2) is 6.04 Å². The molecule has 1 heterocycles. The lowest BCUT2D eigenvalue weighted by Gasteiger charge is -2.41. The molecule has 1 aromatic carbocycles. The molecule has 0 saturated carbocycles. The van der Waals surface area contributed by atoms with E-state index in [1.165, 1.54) is 5.01 Å². The van der Waals surface area contributed by atoms with Gasteiger partial charge in [0, 0.05) is 13.1 Å². The van der Waals surface area contributed by atoms with Crippen molar-refractivity contribution in [2.45, 2.75) is 32.4 Å². The molecule has 0 fully saturated rings. The van der Waals surface area contributed by atoms with Crippen LogP contribution in [0.15, 0.2) is 24.3 Å². The molecule has 4 nitrogen and oxygen atoms in total. The fourth-order valence-corrected chi connectivity index (χ4v) is 2.58. The average molecular weight is 278 g/mol. The summed E-state index contributed by atoms with van der Waals surface area (Å²) < 4.78 is 0. The van der Waals surface area contributed by atoms with E-state index in [4.69, 9.17) is 11.6 Å². The minimum atomic E-state index is -0.633. The lowest BCUT2D eigenvalue weighted by atomic mass is 9.98. The highest BCUT2D eigenvalue weighted by Gasteiger charge is 2.35. The topological polar surface area (TPSA) is 47.3 Å². The Morgan fingerprint density at radius 1 is 1.53 bits per heavy atom. The smallest absolute Gasteiger partial charge is 0.254 e. The zero-order valence-corrected chi connectivity index (χ0v) is 11.6. The van der Waals surface area contributed by atoms with Gasteiger partial charge in [0.05, 0.1) is 6.07 Å². The lowest BCUT2D eigenvalue weighted by molar-refractivity contribution is -0.0156. The predicted octanol–water partition coefficient (Wildman–Crippen LogP) is 3.44. The molecule has 0 spiro atoms. The van der Waals surface area contributed by atoms with Crippen LogP contribution in [-0.4, -0.2) is 21.9 Å². The summed E-state index contributed by atoms with van der Waals surface area (Å²) in [4.78, 5) is 11.7. The Balaban J connectivity index is 2.38. The summed E-state index contributed by atoms with van der Waals surface area (Å²) in [5.41, 5.74) is 1.95. The van der Waals surface area contributed by atoms with Gasteiger partial charge in [-0.1, -0.05) is 37.6 Å². The van der Waals surface area contributed by atoms with Gasteiger partial charge in [0.1, 0.15) is 0 Å². The molecule has 0 N–H and O–H groups in total. The number of nitrogens with zero attached hydrogens (tertiary/aromatic N) is 3. The number of benzene rings is 1. The highest BCUT2D eigenvalue weighted by atomic mass is 35.5. The second-order valence-corrected chi connectivity index (χ2v) is 4.89. The number of carbonyl (C=O) groups is 1. The summed E-state index contributed by atoms with van der Waals surface area (Å²) >= 11 is 5.66. The summed E-state index contributed by atoms with van der Waals surface area (Å²) in [7, 11) is 0. The molecule has 1 aliphatic heterocycles. The van der Waals surface area contributed by atoms with Crippen molar-refractivity contribution >= 4 is 17.0 Å². The van der Waals surface area contributed by atoms with Gasteiger partial charge >= 0.3 is 5.37 Å². The highest BCUT2D eigenvalue weighted by Crippen LogP contribution is 2.32. The van der Waals surface area contributed by atoms with Crippen molar-refractivity contribution in [3.8, 4) is 6.07 Å². The van der Waals surface area contributed by atoms with Gasteiger partial charge in [-0.15, -0.1) is 0 Å². The quantitative estimate of drug-likeness (QED) is 0.628. The van der Waals surface area contributed by atoms with Gasteiger partial charge in [-0.05, 0) is 29.1 Å². The van der Waals surface area contributed by atoms with Crippen molar-refractivity contribution < 1.29 is 4.79 Å². The molecule has 0 saturated heterocycles. The summed E-state index contributed by atoms with van der Waals surface area (Å²) in [6.07, 6.45) is 1.99. The first-order valence-electron chi connectivity index (χ1n) is 6.40. The van der Waals surface area contributed by atoms with Gasteiger partial charge in [0.25, 0.3) is 0 Å². The molecule has 1 amide bonds. The number of hydrazine groups is 1. The predicted molar refractivity (Wildman–Crippen MR) is 73.2 cm³/mol. The Morgan fingerprint density at radius 2 is 2.26 bits per heavy atom. The molecule has 5 heteroatoms. The van der Waals surface area contributed by atoms with E-state index in [1.807, 2.05) is 29.3 Å². The molecule has 1 unspecified atom stereocenters. The van der Waals surface area contributed by atoms with Crippen LogP contribution in [0.5, 0.6) is 0 Å². The number of fused-ring (bicyclic) bond motifs is 1. The first-order chi connectivity index (χ1) is 9.19. The number of hydrogen-bond donors (Lipinski definition) is 0. The first kappa shape index (κ1) is 13.9. The maximum atomic E-state index is 11.7. The van der Waals surface area contributed by atoms with E-state index in [-0.39, 0.29) is 0 Å². The monoisotopic (exact) mass is 277 g/mol. The van der Waals surface area contributed by atoms with Crippen LogP contribution >= 0.6 is 11.6 Å². The summed E-state index contributed by atoms with van der Waals surface area (Å²) in [6.45, 7) is 3.43. The fraction of sp³-hybridized carbons (Fsp3) is 0.429. The van der Waals surface area contributed by atoms with Crippen LogP contribution in [-0.2, 0) is 6.54 Å². The lowest BCUT2D eigenvalue weighted by Crippen LogP contribution is -2.49. The molecule has 2 rings (SSSR count). The van der Waals surface area contributed by atoms with Crippen LogP contribution in [0, 0.1) is 11.3 Å². The minimum Gasteiger partial charge on any atom is -0.254 e. The second kappa shape index (κ2) is 6.05. The average Bonchev–Trinajstić information content (AvgIpc) is 2.42. The number of amides is 1. The standard InChI is InChI=1S/C14H16ClN3O/c1-2-3-8-17-10-11-6-4-5-7-12(11)13(9-16)18(17)14(15)19/h4-7,13H,2-3,8,10H2,1H3. The van der Waals surface area contributed by atoms with Gasteiger partial charge < -0.3 is 0 Å². The van der Waals surface area contributed by atoms with Crippen molar-refractivity contribution in [1.29, 1.82) is 5.26 Å². The number of nitriles is 1. The molecule has 1 aromatic rings.